The first-order valence-corrected chi connectivity index (χ1v) is 10.9. The van der Waals surface area contributed by atoms with Gasteiger partial charge in [-0.3, -0.25) is 4.90 Å². The number of likely N-dealkylation sites (tertiary alicyclic amines) is 1. The van der Waals surface area contributed by atoms with E-state index in [1.165, 1.54) is 36.1 Å². The number of nitrogens with one attached hydrogen (secondary N) is 1. The van der Waals surface area contributed by atoms with E-state index in [0.29, 0.717) is 6.04 Å². The number of morpholine rings is 1. The highest BCUT2D eigenvalue weighted by molar-refractivity contribution is 14.0. The van der Waals surface area contributed by atoms with Crippen LogP contribution < -0.4 is 10.2 Å². The van der Waals surface area contributed by atoms with Crippen LogP contribution in [0.25, 0.3) is 0 Å². The molecule has 1 unspecified atom stereocenters. The van der Waals surface area contributed by atoms with E-state index in [1.807, 2.05) is 0 Å². The lowest BCUT2D eigenvalue weighted by Crippen LogP contribution is -2.46. The van der Waals surface area contributed by atoms with Crippen molar-refractivity contribution in [3.8, 4) is 0 Å². The first-order chi connectivity index (χ1) is 13.7. The van der Waals surface area contributed by atoms with E-state index in [4.69, 9.17) is 9.73 Å². The normalized spacial score (nSPS) is 23.0. The third kappa shape index (κ3) is 5.55. The Kier molecular flexibility index (Phi) is 8.44. The molecule has 1 N–H and O–H groups in total. The van der Waals surface area contributed by atoms with Gasteiger partial charge in [-0.25, -0.2) is 4.99 Å². The van der Waals surface area contributed by atoms with Gasteiger partial charge in [0.15, 0.2) is 5.96 Å². The van der Waals surface area contributed by atoms with Crippen LogP contribution in [-0.4, -0.2) is 81.3 Å². The molecule has 29 heavy (non-hydrogen) atoms. The molecule has 1 atom stereocenters. The van der Waals surface area contributed by atoms with Crippen LogP contribution in [0.2, 0.25) is 0 Å². The van der Waals surface area contributed by atoms with E-state index in [2.05, 4.69) is 52.2 Å². The van der Waals surface area contributed by atoms with Gasteiger partial charge in [0, 0.05) is 58.0 Å². The summed E-state index contributed by atoms with van der Waals surface area (Å²) in [6, 6.07) is 7.51. The molecule has 3 aliphatic heterocycles. The molecule has 162 valence electrons. The first kappa shape index (κ1) is 22.6. The molecule has 0 saturated carbocycles. The van der Waals surface area contributed by atoms with Gasteiger partial charge in [-0.2, -0.15) is 0 Å². The second-order valence-electron chi connectivity index (χ2n) is 8.20. The molecule has 2 saturated heterocycles. The summed E-state index contributed by atoms with van der Waals surface area (Å²) in [5.74, 6) is 1.06. The Bertz CT molecular complexity index is 692. The maximum atomic E-state index is 5.51. The number of aryl methyl sites for hydroxylation is 1. The quantitative estimate of drug-likeness (QED) is 0.381. The van der Waals surface area contributed by atoms with E-state index in [1.54, 1.807) is 0 Å². The van der Waals surface area contributed by atoms with Crippen molar-refractivity contribution < 1.29 is 4.74 Å². The number of aliphatic imine (C=N–C) groups is 1. The van der Waals surface area contributed by atoms with E-state index >= 15 is 0 Å². The molecule has 0 aliphatic carbocycles. The van der Waals surface area contributed by atoms with Crippen LogP contribution in [0.3, 0.4) is 0 Å². The molecule has 6 nitrogen and oxygen atoms in total. The molecule has 1 aromatic carbocycles. The molecule has 4 rings (SSSR count). The lowest BCUT2D eigenvalue weighted by molar-refractivity contribution is 0.0195. The van der Waals surface area contributed by atoms with Crippen LogP contribution in [0, 0.1) is 0 Å². The van der Waals surface area contributed by atoms with Crippen molar-refractivity contribution in [3.05, 3.63) is 29.3 Å². The van der Waals surface area contributed by atoms with E-state index in [0.717, 1.165) is 65.0 Å². The molecule has 0 amide bonds. The number of hydrogen-bond acceptors (Lipinski definition) is 4. The van der Waals surface area contributed by atoms with Gasteiger partial charge in [-0.15, -0.1) is 24.0 Å². The molecular formula is C22H36IN5O. The van der Waals surface area contributed by atoms with Crippen LogP contribution in [-0.2, 0) is 17.7 Å². The maximum Gasteiger partial charge on any atom is 0.194 e. The summed E-state index contributed by atoms with van der Waals surface area (Å²) >= 11 is 0. The fourth-order valence-corrected chi connectivity index (χ4v) is 4.70. The van der Waals surface area contributed by atoms with Crippen molar-refractivity contribution in [1.82, 2.24) is 15.1 Å². The van der Waals surface area contributed by atoms with E-state index in [9.17, 15) is 0 Å². The standard InChI is InChI=1S/C22H35N5O.HI/c1-3-23-22(27-10-8-20(17-27)26-11-13-28-14-12-26)24-16-18-6-7-21-19(15-18)5-4-9-25(21)2;/h6-7,15,20H,3-5,8-14,16-17H2,1-2H3,(H,23,24);1H. The highest BCUT2D eigenvalue weighted by Crippen LogP contribution is 2.27. The molecule has 3 aliphatic rings. The Balaban J connectivity index is 0.00000240. The number of rotatable bonds is 4. The average molecular weight is 513 g/mol. The van der Waals surface area contributed by atoms with Crippen molar-refractivity contribution in [2.24, 2.45) is 4.99 Å². The Hall–Kier alpha value is -1.06. The van der Waals surface area contributed by atoms with Crippen LogP contribution >= 0.6 is 24.0 Å². The predicted octanol–water partition coefficient (Wildman–Crippen LogP) is 2.56. The number of anilines is 1. The fourth-order valence-electron chi connectivity index (χ4n) is 4.70. The Morgan fingerprint density at radius 3 is 2.83 bits per heavy atom. The zero-order chi connectivity index (χ0) is 19.3. The number of fused-ring (bicyclic) bond motifs is 1. The van der Waals surface area contributed by atoms with Crippen molar-refractivity contribution in [2.75, 3.05) is 64.4 Å². The Labute approximate surface area is 192 Å². The second kappa shape index (κ2) is 10.8. The van der Waals surface area contributed by atoms with Crippen molar-refractivity contribution in [3.63, 3.8) is 0 Å². The second-order valence-corrected chi connectivity index (χ2v) is 8.20. The van der Waals surface area contributed by atoms with Gasteiger partial charge in [0.1, 0.15) is 0 Å². The molecule has 7 heteroatoms. The summed E-state index contributed by atoms with van der Waals surface area (Å²) in [7, 11) is 2.19. The molecule has 0 aromatic heterocycles. The van der Waals surface area contributed by atoms with Gasteiger partial charge >= 0.3 is 0 Å². The maximum absolute atomic E-state index is 5.51. The summed E-state index contributed by atoms with van der Waals surface area (Å²) < 4.78 is 5.51. The third-order valence-corrected chi connectivity index (χ3v) is 6.27. The topological polar surface area (TPSA) is 43.3 Å². The van der Waals surface area contributed by atoms with Gasteiger partial charge in [-0.1, -0.05) is 12.1 Å². The monoisotopic (exact) mass is 513 g/mol. The molecule has 3 heterocycles. The van der Waals surface area contributed by atoms with Crippen LogP contribution in [0.1, 0.15) is 30.9 Å². The summed E-state index contributed by atoms with van der Waals surface area (Å²) in [4.78, 5) is 12.4. The number of ether oxygens (including phenoxy) is 1. The zero-order valence-corrected chi connectivity index (χ0v) is 20.2. The van der Waals surface area contributed by atoms with E-state index in [-0.39, 0.29) is 24.0 Å². The fraction of sp³-hybridized carbons (Fsp3) is 0.682. The van der Waals surface area contributed by atoms with Gasteiger partial charge in [0.05, 0.1) is 19.8 Å². The Morgan fingerprint density at radius 1 is 1.21 bits per heavy atom. The minimum Gasteiger partial charge on any atom is -0.379 e. The summed E-state index contributed by atoms with van der Waals surface area (Å²) in [6.07, 6.45) is 3.65. The summed E-state index contributed by atoms with van der Waals surface area (Å²) in [5, 5.41) is 3.51. The minimum absolute atomic E-state index is 0. The average Bonchev–Trinajstić information content (AvgIpc) is 3.22. The first-order valence-electron chi connectivity index (χ1n) is 10.9. The SMILES string of the molecule is CCNC(=NCc1ccc2c(c1)CCCN2C)N1CCC(N2CCOCC2)C1.I. The molecule has 0 radical (unpaired) electrons. The Morgan fingerprint density at radius 2 is 2.03 bits per heavy atom. The van der Waals surface area contributed by atoms with Crippen molar-refractivity contribution >= 4 is 35.6 Å². The predicted molar refractivity (Wildman–Crippen MR) is 131 cm³/mol. The smallest absolute Gasteiger partial charge is 0.194 e. The van der Waals surface area contributed by atoms with E-state index < -0.39 is 0 Å². The molecule has 1 aromatic rings. The lowest BCUT2D eigenvalue weighted by Gasteiger charge is -2.32. The number of halogens is 1. The van der Waals surface area contributed by atoms with Crippen molar-refractivity contribution in [1.29, 1.82) is 0 Å². The lowest BCUT2D eigenvalue weighted by atomic mass is 10.00. The molecule has 0 spiro atoms. The number of nitrogens with zero attached hydrogens (tertiary/aromatic N) is 4. The van der Waals surface area contributed by atoms with Gasteiger partial charge in [0.25, 0.3) is 0 Å². The highest BCUT2D eigenvalue weighted by Gasteiger charge is 2.30. The van der Waals surface area contributed by atoms with Crippen LogP contribution in [0.5, 0.6) is 0 Å². The summed E-state index contributed by atoms with van der Waals surface area (Å²) in [6.45, 7) is 11.0. The number of benzene rings is 1. The minimum atomic E-state index is 0. The molecule has 0 bridgehead atoms. The van der Waals surface area contributed by atoms with Crippen LogP contribution in [0.15, 0.2) is 23.2 Å². The zero-order valence-electron chi connectivity index (χ0n) is 17.9. The molecular weight excluding hydrogens is 477 g/mol. The highest BCUT2D eigenvalue weighted by atomic mass is 127. The third-order valence-electron chi connectivity index (χ3n) is 6.27. The number of guanidine groups is 1. The van der Waals surface area contributed by atoms with Crippen molar-refractivity contribution in [2.45, 2.75) is 38.8 Å². The van der Waals surface area contributed by atoms with Gasteiger partial charge < -0.3 is 19.9 Å². The molecule has 2 fully saturated rings. The largest absolute Gasteiger partial charge is 0.379 e. The van der Waals surface area contributed by atoms with Gasteiger partial charge in [0.2, 0.25) is 0 Å². The van der Waals surface area contributed by atoms with Gasteiger partial charge in [-0.05, 0) is 43.4 Å². The number of hydrogen-bond donors (Lipinski definition) is 1. The van der Waals surface area contributed by atoms with Crippen LogP contribution in [0.4, 0.5) is 5.69 Å². The summed E-state index contributed by atoms with van der Waals surface area (Å²) in [5.41, 5.74) is 4.17.